The van der Waals surface area contributed by atoms with Gasteiger partial charge in [0.05, 0.1) is 5.75 Å². The Kier molecular flexibility index (Phi) is 6.42. The number of halogens is 1. The largest absolute Gasteiger partial charge is 0.398 e. The number of nitrogens with zero attached hydrogens (tertiary/aromatic N) is 1. The Balaban J connectivity index is 1.92. The monoisotopic (exact) mass is 370 g/mol. The number of carbonyl (C=O) groups is 1. The molecule has 1 saturated carbocycles. The fraction of sp³-hybridized carbons (Fsp3) is 0.562. The topological polar surface area (TPSA) is 46.3 Å². The lowest BCUT2D eigenvalue weighted by molar-refractivity contribution is -0.131. The number of nitrogen functional groups attached to an aromatic ring is 1. The summed E-state index contributed by atoms with van der Waals surface area (Å²) in [5.41, 5.74) is 6.71. The molecule has 1 fully saturated rings. The zero-order valence-electron chi connectivity index (χ0n) is 12.5. The predicted molar refractivity (Wildman–Crippen MR) is 93.5 cm³/mol. The summed E-state index contributed by atoms with van der Waals surface area (Å²) in [6, 6.07) is 6.25. The van der Waals surface area contributed by atoms with Crippen molar-refractivity contribution in [2.75, 3.05) is 18.0 Å². The van der Waals surface area contributed by atoms with Gasteiger partial charge in [0.2, 0.25) is 5.91 Å². The zero-order valence-corrected chi connectivity index (χ0v) is 14.9. The maximum absolute atomic E-state index is 12.5. The molecule has 116 valence electrons. The van der Waals surface area contributed by atoms with Crippen molar-refractivity contribution in [3.63, 3.8) is 0 Å². The first-order valence-corrected chi connectivity index (χ1v) is 9.37. The van der Waals surface area contributed by atoms with Crippen molar-refractivity contribution in [3.8, 4) is 0 Å². The minimum absolute atomic E-state index is 0.233. The smallest absolute Gasteiger partial charge is 0.233 e. The maximum atomic E-state index is 12.5. The highest BCUT2D eigenvalue weighted by atomic mass is 79.9. The molecule has 0 bridgehead atoms. The van der Waals surface area contributed by atoms with E-state index in [2.05, 4.69) is 27.8 Å². The second kappa shape index (κ2) is 8.08. The van der Waals surface area contributed by atoms with Crippen molar-refractivity contribution in [3.05, 3.63) is 22.7 Å². The van der Waals surface area contributed by atoms with Crippen molar-refractivity contribution in [1.29, 1.82) is 0 Å². The summed E-state index contributed by atoms with van der Waals surface area (Å²) < 4.78 is 0.966. The van der Waals surface area contributed by atoms with Crippen molar-refractivity contribution < 1.29 is 4.79 Å². The maximum Gasteiger partial charge on any atom is 0.233 e. The van der Waals surface area contributed by atoms with Crippen molar-refractivity contribution in [2.24, 2.45) is 0 Å². The number of nitrogens with two attached hydrogens (primary N) is 1. The molecule has 21 heavy (non-hydrogen) atoms. The van der Waals surface area contributed by atoms with Crippen molar-refractivity contribution >= 4 is 39.3 Å². The summed E-state index contributed by atoms with van der Waals surface area (Å²) in [4.78, 5) is 15.5. The van der Waals surface area contributed by atoms with Gasteiger partial charge in [0.1, 0.15) is 0 Å². The molecule has 0 aromatic heterocycles. The van der Waals surface area contributed by atoms with Gasteiger partial charge in [0.15, 0.2) is 0 Å². The van der Waals surface area contributed by atoms with E-state index in [0.29, 0.717) is 11.8 Å². The molecule has 1 aromatic rings. The van der Waals surface area contributed by atoms with Gasteiger partial charge >= 0.3 is 0 Å². The average Bonchev–Trinajstić information content (AvgIpc) is 2.48. The number of thioether (sulfide) groups is 1. The molecule has 5 heteroatoms. The number of rotatable bonds is 5. The molecule has 2 N–H and O–H groups in total. The minimum Gasteiger partial charge on any atom is -0.398 e. The van der Waals surface area contributed by atoms with Crippen LogP contribution in [0.2, 0.25) is 0 Å². The van der Waals surface area contributed by atoms with Crippen LogP contribution in [0.25, 0.3) is 0 Å². The normalized spacial score (nSPS) is 15.9. The molecule has 2 rings (SSSR count). The third kappa shape index (κ3) is 4.65. The first-order valence-electron chi connectivity index (χ1n) is 7.59. The number of amides is 1. The van der Waals surface area contributed by atoms with Gasteiger partial charge in [-0.3, -0.25) is 4.79 Å². The first-order chi connectivity index (χ1) is 10.1. The van der Waals surface area contributed by atoms with Crippen LogP contribution >= 0.6 is 27.7 Å². The van der Waals surface area contributed by atoms with Crippen LogP contribution in [0.15, 0.2) is 27.6 Å². The number of hydrogen-bond donors (Lipinski definition) is 1. The summed E-state index contributed by atoms with van der Waals surface area (Å²) >= 11 is 4.93. The van der Waals surface area contributed by atoms with Crippen molar-refractivity contribution in [2.45, 2.75) is 50.0 Å². The highest BCUT2D eigenvalue weighted by Crippen LogP contribution is 2.29. The van der Waals surface area contributed by atoms with E-state index in [1.54, 1.807) is 0 Å². The molecule has 0 aliphatic heterocycles. The van der Waals surface area contributed by atoms with E-state index in [0.717, 1.165) is 34.4 Å². The van der Waals surface area contributed by atoms with Crippen LogP contribution in [-0.2, 0) is 4.79 Å². The van der Waals surface area contributed by atoms with Crippen LogP contribution < -0.4 is 5.73 Å². The Morgan fingerprint density at radius 2 is 2.10 bits per heavy atom. The van der Waals surface area contributed by atoms with Gasteiger partial charge < -0.3 is 10.6 Å². The standard InChI is InChI=1S/C16H23BrN2OS/c1-2-19(13-6-4-3-5-7-13)16(20)11-21-15-9-8-12(17)10-14(15)18/h8-10,13H,2-7,11,18H2,1H3. The van der Waals surface area contributed by atoms with E-state index in [4.69, 9.17) is 5.73 Å². The van der Waals surface area contributed by atoms with Crippen LogP contribution in [0.3, 0.4) is 0 Å². The molecular formula is C16H23BrN2OS. The van der Waals surface area contributed by atoms with E-state index in [-0.39, 0.29) is 5.91 Å². The van der Waals surface area contributed by atoms with Gasteiger partial charge in [-0.1, -0.05) is 35.2 Å². The summed E-state index contributed by atoms with van der Waals surface area (Å²) in [6.07, 6.45) is 6.13. The van der Waals surface area contributed by atoms with Gasteiger partial charge in [-0.15, -0.1) is 11.8 Å². The molecule has 0 radical (unpaired) electrons. The summed E-state index contributed by atoms with van der Waals surface area (Å²) in [6.45, 7) is 2.88. The minimum atomic E-state index is 0.233. The lowest BCUT2D eigenvalue weighted by atomic mass is 9.94. The van der Waals surface area contributed by atoms with Crippen LogP contribution in [0.1, 0.15) is 39.0 Å². The molecule has 1 aromatic carbocycles. The van der Waals surface area contributed by atoms with E-state index in [9.17, 15) is 4.79 Å². The molecule has 3 nitrogen and oxygen atoms in total. The SMILES string of the molecule is CCN(C(=O)CSc1ccc(Br)cc1N)C1CCCCC1. The molecule has 0 atom stereocenters. The Morgan fingerprint density at radius 1 is 1.38 bits per heavy atom. The van der Waals surface area contributed by atoms with Gasteiger partial charge in [-0.05, 0) is 38.0 Å². The Hall–Kier alpha value is -0.680. The Labute approximate surface area is 139 Å². The average molecular weight is 371 g/mol. The number of carbonyl (C=O) groups excluding carboxylic acids is 1. The lowest BCUT2D eigenvalue weighted by Crippen LogP contribution is -2.42. The van der Waals surface area contributed by atoms with Crippen LogP contribution in [-0.4, -0.2) is 29.1 Å². The van der Waals surface area contributed by atoms with E-state index in [1.807, 2.05) is 18.2 Å². The quantitative estimate of drug-likeness (QED) is 0.620. The Bertz CT molecular complexity index is 489. The molecule has 0 spiro atoms. The fourth-order valence-corrected chi connectivity index (χ4v) is 4.12. The zero-order chi connectivity index (χ0) is 15.2. The lowest BCUT2D eigenvalue weighted by Gasteiger charge is -2.33. The highest BCUT2D eigenvalue weighted by Gasteiger charge is 2.24. The third-order valence-electron chi connectivity index (χ3n) is 4.00. The third-order valence-corrected chi connectivity index (χ3v) is 5.57. The molecule has 0 heterocycles. The number of anilines is 1. The summed E-state index contributed by atoms with van der Waals surface area (Å²) in [7, 11) is 0. The molecular weight excluding hydrogens is 348 g/mol. The van der Waals surface area contributed by atoms with Gasteiger partial charge in [-0.25, -0.2) is 0 Å². The van der Waals surface area contributed by atoms with Crippen LogP contribution in [0, 0.1) is 0 Å². The molecule has 1 aliphatic rings. The van der Waals surface area contributed by atoms with Gasteiger partial charge in [-0.2, -0.15) is 0 Å². The predicted octanol–water partition coefficient (Wildman–Crippen LogP) is 4.30. The van der Waals surface area contributed by atoms with Gasteiger partial charge in [0.25, 0.3) is 0 Å². The van der Waals surface area contributed by atoms with Crippen LogP contribution in [0.5, 0.6) is 0 Å². The molecule has 0 unspecified atom stereocenters. The fourth-order valence-electron chi connectivity index (χ4n) is 2.90. The van der Waals surface area contributed by atoms with Crippen molar-refractivity contribution in [1.82, 2.24) is 4.90 Å². The summed E-state index contributed by atoms with van der Waals surface area (Å²) in [5.74, 6) is 0.701. The number of hydrogen-bond acceptors (Lipinski definition) is 3. The van der Waals surface area contributed by atoms with E-state index < -0.39 is 0 Å². The van der Waals surface area contributed by atoms with E-state index in [1.165, 1.54) is 31.0 Å². The number of benzene rings is 1. The summed E-state index contributed by atoms with van der Waals surface area (Å²) in [5, 5.41) is 0. The molecule has 1 aliphatic carbocycles. The Morgan fingerprint density at radius 3 is 2.71 bits per heavy atom. The highest BCUT2D eigenvalue weighted by molar-refractivity contribution is 9.10. The second-order valence-corrected chi connectivity index (χ2v) is 7.38. The van der Waals surface area contributed by atoms with Crippen LogP contribution in [0.4, 0.5) is 5.69 Å². The second-order valence-electron chi connectivity index (χ2n) is 5.44. The molecule has 0 saturated heterocycles. The molecule has 1 amide bonds. The van der Waals surface area contributed by atoms with Gasteiger partial charge in [0, 0.05) is 27.6 Å². The first kappa shape index (κ1) is 16.7. The van der Waals surface area contributed by atoms with E-state index >= 15 is 0 Å².